The number of hydrogen-bond acceptors (Lipinski definition) is 3. The molecule has 1 N–H and O–H groups in total. The molecule has 0 aromatic rings. The van der Waals surface area contributed by atoms with Crippen molar-refractivity contribution in [2.45, 2.75) is 45.3 Å². The van der Waals surface area contributed by atoms with Gasteiger partial charge in [0.1, 0.15) is 0 Å². The van der Waals surface area contributed by atoms with Gasteiger partial charge in [-0.25, -0.2) is 0 Å². The molecular formula is C12H24N2S. The van der Waals surface area contributed by atoms with Crippen LogP contribution in [0.1, 0.15) is 27.2 Å². The summed E-state index contributed by atoms with van der Waals surface area (Å²) in [6.45, 7) is 9.45. The molecule has 0 saturated carbocycles. The standard InChI is InChI=1S/C12H24N2S/c1-9(2)12-7-14(10(3)6-13-12)11-4-5-15-8-11/h9-13H,4-8H2,1-3H3. The van der Waals surface area contributed by atoms with Crippen LogP contribution in [0, 0.1) is 5.92 Å². The summed E-state index contributed by atoms with van der Waals surface area (Å²) in [4.78, 5) is 2.75. The van der Waals surface area contributed by atoms with Gasteiger partial charge in [-0.05, 0) is 25.0 Å². The lowest BCUT2D eigenvalue weighted by molar-refractivity contribution is 0.0883. The van der Waals surface area contributed by atoms with Crippen molar-refractivity contribution in [2.24, 2.45) is 5.92 Å². The lowest BCUT2D eigenvalue weighted by Crippen LogP contribution is -2.59. The van der Waals surface area contributed by atoms with Crippen LogP contribution in [-0.4, -0.2) is 47.6 Å². The summed E-state index contributed by atoms with van der Waals surface area (Å²) in [6.07, 6.45) is 1.40. The van der Waals surface area contributed by atoms with Gasteiger partial charge < -0.3 is 5.32 Å². The molecule has 0 aromatic heterocycles. The molecule has 0 radical (unpaired) electrons. The Labute approximate surface area is 98.2 Å². The van der Waals surface area contributed by atoms with E-state index in [4.69, 9.17) is 0 Å². The molecule has 2 saturated heterocycles. The SMILES string of the molecule is CC(C)C1CN(C2CCSC2)C(C)CN1. The number of hydrogen-bond donors (Lipinski definition) is 1. The van der Waals surface area contributed by atoms with Crippen LogP contribution in [0.2, 0.25) is 0 Å². The predicted molar refractivity (Wildman–Crippen MR) is 68.5 cm³/mol. The maximum Gasteiger partial charge on any atom is 0.0218 e. The van der Waals surface area contributed by atoms with E-state index in [0.29, 0.717) is 6.04 Å². The highest BCUT2D eigenvalue weighted by Crippen LogP contribution is 2.26. The second kappa shape index (κ2) is 5.07. The molecule has 88 valence electrons. The molecule has 0 amide bonds. The fraction of sp³-hybridized carbons (Fsp3) is 1.00. The van der Waals surface area contributed by atoms with Crippen LogP contribution in [0.25, 0.3) is 0 Å². The van der Waals surface area contributed by atoms with Gasteiger partial charge >= 0.3 is 0 Å². The van der Waals surface area contributed by atoms with Gasteiger partial charge in [0.15, 0.2) is 0 Å². The number of nitrogens with one attached hydrogen (secondary N) is 1. The Morgan fingerprint density at radius 1 is 1.40 bits per heavy atom. The van der Waals surface area contributed by atoms with Gasteiger partial charge in [-0.2, -0.15) is 11.8 Å². The third-order valence-corrected chi connectivity index (χ3v) is 4.97. The number of piperazine rings is 1. The average Bonchev–Trinajstić information content (AvgIpc) is 2.71. The second-order valence-electron chi connectivity index (χ2n) is 5.32. The Morgan fingerprint density at radius 2 is 2.20 bits per heavy atom. The van der Waals surface area contributed by atoms with Crippen LogP contribution in [0.15, 0.2) is 0 Å². The summed E-state index contributed by atoms with van der Waals surface area (Å²) < 4.78 is 0. The highest BCUT2D eigenvalue weighted by molar-refractivity contribution is 7.99. The summed E-state index contributed by atoms with van der Waals surface area (Å²) in [5, 5.41) is 3.67. The second-order valence-corrected chi connectivity index (χ2v) is 6.47. The van der Waals surface area contributed by atoms with Gasteiger partial charge in [0.25, 0.3) is 0 Å². The number of nitrogens with zero attached hydrogens (tertiary/aromatic N) is 1. The van der Waals surface area contributed by atoms with Crippen molar-refractivity contribution < 1.29 is 0 Å². The third kappa shape index (κ3) is 2.69. The lowest BCUT2D eigenvalue weighted by Gasteiger charge is -2.43. The molecular weight excluding hydrogens is 204 g/mol. The highest BCUT2D eigenvalue weighted by Gasteiger charge is 2.32. The smallest absolute Gasteiger partial charge is 0.0218 e. The minimum atomic E-state index is 0.701. The molecule has 3 atom stereocenters. The molecule has 3 unspecified atom stereocenters. The number of thioether (sulfide) groups is 1. The first-order valence-corrected chi connectivity index (χ1v) is 7.41. The zero-order chi connectivity index (χ0) is 10.8. The molecule has 15 heavy (non-hydrogen) atoms. The molecule has 3 heteroatoms. The van der Waals surface area contributed by atoms with Crippen molar-refractivity contribution >= 4 is 11.8 Å². The first-order chi connectivity index (χ1) is 7.18. The predicted octanol–water partition coefficient (Wildman–Crippen LogP) is 1.81. The average molecular weight is 228 g/mol. The summed E-state index contributed by atoms with van der Waals surface area (Å²) in [7, 11) is 0. The molecule has 0 spiro atoms. The van der Waals surface area contributed by atoms with E-state index in [0.717, 1.165) is 18.0 Å². The van der Waals surface area contributed by atoms with E-state index >= 15 is 0 Å². The van der Waals surface area contributed by atoms with Gasteiger partial charge in [0, 0.05) is 37.0 Å². The molecule has 0 bridgehead atoms. The van der Waals surface area contributed by atoms with Crippen LogP contribution < -0.4 is 5.32 Å². The third-order valence-electron chi connectivity index (χ3n) is 3.83. The molecule has 0 aliphatic carbocycles. The zero-order valence-corrected chi connectivity index (χ0v) is 11.0. The van der Waals surface area contributed by atoms with Gasteiger partial charge in [-0.3, -0.25) is 4.90 Å². The quantitative estimate of drug-likeness (QED) is 0.776. The van der Waals surface area contributed by atoms with E-state index in [1.807, 2.05) is 0 Å². The Balaban J connectivity index is 1.95. The normalized spacial score (nSPS) is 38.8. The van der Waals surface area contributed by atoms with E-state index in [-0.39, 0.29) is 0 Å². The van der Waals surface area contributed by atoms with Crippen molar-refractivity contribution in [2.75, 3.05) is 24.6 Å². The first kappa shape index (κ1) is 11.7. The summed E-state index contributed by atoms with van der Waals surface area (Å²) in [5.74, 6) is 3.48. The maximum absolute atomic E-state index is 3.67. The van der Waals surface area contributed by atoms with Crippen LogP contribution >= 0.6 is 11.8 Å². The molecule has 2 nitrogen and oxygen atoms in total. The van der Waals surface area contributed by atoms with Gasteiger partial charge in [-0.15, -0.1) is 0 Å². The Morgan fingerprint density at radius 3 is 2.80 bits per heavy atom. The summed E-state index contributed by atoms with van der Waals surface area (Å²) in [5.41, 5.74) is 0. The summed E-state index contributed by atoms with van der Waals surface area (Å²) in [6, 6.07) is 2.28. The number of rotatable bonds is 2. The Bertz CT molecular complexity index is 202. The van der Waals surface area contributed by atoms with Gasteiger partial charge in [-0.1, -0.05) is 13.8 Å². The first-order valence-electron chi connectivity index (χ1n) is 6.25. The molecule has 2 fully saturated rings. The van der Waals surface area contributed by atoms with Crippen molar-refractivity contribution in [3.8, 4) is 0 Å². The maximum atomic E-state index is 3.67. The van der Waals surface area contributed by atoms with E-state index in [1.54, 1.807) is 0 Å². The van der Waals surface area contributed by atoms with Gasteiger partial charge in [0.05, 0.1) is 0 Å². The van der Waals surface area contributed by atoms with Crippen molar-refractivity contribution in [3.63, 3.8) is 0 Å². The van der Waals surface area contributed by atoms with E-state index in [2.05, 4.69) is 42.7 Å². The Kier molecular flexibility index (Phi) is 3.97. The fourth-order valence-corrected chi connectivity index (χ4v) is 3.89. The molecule has 0 aromatic carbocycles. The van der Waals surface area contributed by atoms with Crippen LogP contribution in [0.3, 0.4) is 0 Å². The van der Waals surface area contributed by atoms with Crippen LogP contribution in [0.4, 0.5) is 0 Å². The summed E-state index contributed by atoms with van der Waals surface area (Å²) >= 11 is 2.13. The van der Waals surface area contributed by atoms with E-state index < -0.39 is 0 Å². The largest absolute Gasteiger partial charge is 0.311 e. The topological polar surface area (TPSA) is 15.3 Å². The fourth-order valence-electron chi connectivity index (χ4n) is 2.65. The van der Waals surface area contributed by atoms with Crippen LogP contribution in [-0.2, 0) is 0 Å². The lowest BCUT2D eigenvalue weighted by atomic mass is 9.98. The van der Waals surface area contributed by atoms with Crippen molar-refractivity contribution in [1.29, 1.82) is 0 Å². The molecule has 2 rings (SSSR count). The van der Waals surface area contributed by atoms with Crippen molar-refractivity contribution in [3.05, 3.63) is 0 Å². The minimum Gasteiger partial charge on any atom is -0.311 e. The molecule has 2 aliphatic heterocycles. The van der Waals surface area contributed by atoms with E-state index in [9.17, 15) is 0 Å². The highest BCUT2D eigenvalue weighted by atomic mass is 32.2. The Hall–Kier alpha value is 0.270. The zero-order valence-electron chi connectivity index (χ0n) is 10.2. The van der Waals surface area contributed by atoms with Gasteiger partial charge in [0.2, 0.25) is 0 Å². The molecule has 2 heterocycles. The minimum absolute atomic E-state index is 0.701. The van der Waals surface area contributed by atoms with Crippen molar-refractivity contribution in [1.82, 2.24) is 10.2 Å². The van der Waals surface area contributed by atoms with E-state index in [1.165, 1.54) is 31.0 Å². The monoisotopic (exact) mass is 228 g/mol. The van der Waals surface area contributed by atoms with Crippen LogP contribution in [0.5, 0.6) is 0 Å². The molecule has 2 aliphatic rings.